The summed E-state index contributed by atoms with van der Waals surface area (Å²) in [4.78, 5) is 0. The summed E-state index contributed by atoms with van der Waals surface area (Å²) in [5, 5.41) is 1.16. The first-order valence-electron chi connectivity index (χ1n) is 6.86. The molecule has 1 aromatic heterocycles. The second-order valence-corrected chi connectivity index (χ2v) is 6.00. The van der Waals surface area contributed by atoms with E-state index in [4.69, 9.17) is 0 Å². The number of anilines is 1. The van der Waals surface area contributed by atoms with Gasteiger partial charge in [0.25, 0.3) is 0 Å². The second-order valence-electron chi connectivity index (χ2n) is 5.39. The van der Waals surface area contributed by atoms with E-state index in [1.165, 1.54) is 0 Å². The standard InChI is InChI=1S/C15H18F2N2S/c1-20-18-12-3-2-11-6-9-19(14(11)10-12)13-4-7-15(16,17)8-5-13/h2-3,6,9-10,13,18H,4-5,7-8H2,1H3. The SMILES string of the molecule is CSNc1ccc2ccn(C3CCC(F)(F)CC3)c2c1. The minimum atomic E-state index is -2.47. The van der Waals surface area contributed by atoms with Crippen molar-refractivity contribution in [3.05, 3.63) is 30.5 Å². The van der Waals surface area contributed by atoms with Crippen molar-refractivity contribution in [3.63, 3.8) is 0 Å². The maximum Gasteiger partial charge on any atom is 0.248 e. The second kappa shape index (κ2) is 5.28. The van der Waals surface area contributed by atoms with Crippen molar-refractivity contribution in [2.45, 2.75) is 37.6 Å². The third-order valence-electron chi connectivity index (χ3n) is 4.02. The molecule has 1 fully saturated rings. The third kappa shape index (κ3) is 2.64. The highest BCUT2D eigenvalue weighted by molar-refractivity contribution is 7.99. The van der Waals surface area contributed by atoms with Crippen LogP contribution in [0.4, 0.5) is 14.5 Å². The number of aromatic nitrogens is 1. The molecule has 0 radical (unpaired) electrons. The zero-order valence-corrected chi connectivity index (χ0v) is 12.2. The predicted molar refractivity (Wildman–Crippen MR) is 81.5 cm³/mol. The van der Waals surface area contributed by atoms with Crippen LogP contribution in [-0.2, 0) is 0 Å². The lowest BCUT2D eigenvalue weighted by Crippen LogP contribution is -2.26. The molecule has 0 saturated heterocycles. The average Bonchev–Trinajstić information content (AvgIpc) is 2.82. The fourth-order valence-electron chi connectivity index (χ4n) is 2.95. The smallest absolute Gasteiger partial charge is 0.248 e. The van der Waals surface area contributed by atoms with Crippen LogP contribution in [0.5, 0.6) is 0 Å². The van der Waals surface area contributed by atoms with Crippen LogP contribution in [0.3, 0.4) is 0 Å². The van der Waals surface area contributed by atoms with E-state index in [0.717, 1.165) is 16.6 Å². The van der Waals surface area contributed by atoms with Crippen molar-refractivity contribution in [1.82, 2.24) is 4.57 Å². The van der Waals surface area contributed by atoms with Crippen LogP contribution in [-0.4, -0.2) is 16.7 Å². The van der Waals surface area contributed by atoms with E-state index in [9.17, 15) is 8.78 Å². The van der Waals surface area contributed by atoms with Gasteiger partial charge >= 0.3 is 0 Å². The van der Waals surface area contributed by atoms with E-state index < -0.39 is 5.92 Å². The maximum atomic E-state index is 13.3. The van der Waals surface area contributed by atoms with Gasteiger partial charge in [0.2, 0.25) is 5.92 Å². The van der Waals surface area contributed by atoms with Gasteiger partial charge in [-0.25, -0.2) is 8.78 Å². The molecular formula is C15H18F2N2S. The van der Waals surface area contributed by atoms with Crippen LogP contribution in [0.1, 0.15) is 31.7 Å². The van der Waals surface area contributed by atoms with Gasteiger partial charge in [0.15, 0.2) is 0 Å². The zero-order valence-electron chi connectivity index (χ0n) is 11.4. The number of fused-ring (bicyclic) bond motifs is 1. The van der Waals surface area contributed by atoms with E-state index in [0.29, 0.717) is 12.8 Å². The first-order valence-corrected chi connectivity index (χ1v) is 8.09. The van der Waals surface area contributed by atoms with E-state index >= 15 is 0 Å². The molecule has 0 bridgehead atoms. The van der Waals surface area contributed by atoms with Crippen LogP contribution in [0, 0.1) is 0 Å². The van der Waals surface area contributed by atoms with Crippen molar-refractivity contribution in [2.75, 3.05) is 11.0 Å². The van der Waals surface area contributed by atoms with Gasteiger partial charge in [-0.1, -0.05) is 18.0 Å². The van der Waals surface area contributed by atoms with Crippen LogP contribution in [0.25, 0.3) is 10.9 Å². The molecule has 1 aliphatic rings. The lowest BCUT2D eigenvalue weighted by molar-refractivity contribution is -0.0435. The quantitative estimate of drug-likeness (QED) is 0.795. The molecule has 0 atom stereocenters. The van der Waals surface area contributed by atoms with Crippen molar-refractivity contribution in [1.29, 1.82) is 0 Å². The number of nitrogens with zero attached hydrogens (tertiary/aromatic N) is 1. The Morgan fingerprint density at radius 1 is 1.25 bits per heavy atom. The molecule has 1 saturated carbocycles. The molecule has 0 unspecified atom stereocenters. The molecule has 3 rings (SSSR count). The minimum absolute atomic E-state index is 0.0000918. The van der Waals surface area contributed by atoms with Gasteiger partial charge in [-0.05, 0) is 36.4 Å². The molecule has 0 amide bonds. The fourth-order valence-corrected chi connectivity index (χ4v) is 3.31. The topological polar surface area (TPSA) is 17.0 Å². The number of hydrogen-bond donors (Lipinski definition) is 1. The van der Waals surface area contributed by atoms with Crippen molar-refractivity contribution >= 4 is 28.5 Å². The monoisotopic (exact) mass is 296 g/mol. The number of halogens is 2. The van der Waals surface area contributed by atoms with Gasteiger partial charge in [0.1, 0.15) is 0 Å². The lowest BCUT2D eigenvalue weighted by atomic mass is 9.92. The average molecular weight is 296 g/mol. The molecule has 1 aliphatic carbocycles. The highest BCUT2D eigenvalue weighted by Gasteiger charge is 2.35. The van der Waals surface area contributed by atoms with E-state index in [2.05, 4.69) is 27.5 Å². The Labute approximate surface area is 121 Å². The summed E-state index contributed by atoms with van der Waals surface area (Å²) in [6, 6.07) is 8.46. The molecule has 1 heterocycles. The Morgan fingerprint density at radius 3 is 2.70 bits per heavy atom. The van der Waals surface area contributed by atoms with Gasteiger partial charge in [-0.2, -0.15) is 0 Å². The number of nitrogens with one attached hydrogen (secondary N) is 1. The molecule has 1 N–H and O–H groups in total. The van der Waals surface area contributed by atoms with Gasteiger partial charge in [-0.3, -0.25) is 0 Å². The summed E-state index contributed by atoms with van der Waals surface area (Å²) in [6.45, 7) is 0. The van der Waals surface area contributed by atoms with Gasteiger partial charge in [0, 0.05) is 37.0 Å². The van der Waals surface area contributed by atoms with E-state index in [1.54, 1.807) is 11.9 Å². The molecule has 0 aliphatic heterocycles. The van der Waals surface area contributed by atoms with Gasteiger partial charge in [-0.15, -0.1) is 0 Å². The Morgan fingerprint density at radius 2 is 2.00 bits per heavy atom. The molecule has 2 aromatic rings. The van der Waals surface area contributed by atoms with Crippen LogP contribution in [0.15, 0.2) is 30.5 Å². The Kier molecular flexibility index (Phi) is 3.63. The molecule has 0 spiro atoms. The summed E-state index contributed by atoms with van der Waals surface area (Å²) >= 11 is 1.55. The summed E-state index contributed by atoms with van der Waals surface area (Å²) < 4.78 is 31.9. The highest BCUT2D eigenvalue weighted by atomic mass is 32.2. The minimum Gasteiger partial charge on any atom is -0.344 e. The first kappa shape index (κ1) is 13.7. The maximum absolute atomic E-state index is 13.3. The Hall–Kier alpha value is -1.23. The molecule has 2 nitrogen and oxygen atoms in total. The van der Waals surface area contributed by atoms with Crippen LogP contribution < -0.4 is 4.72 Å². The van der Waals surface area contributed by atoms with Crippen molar-refractivity contribution < 1.29 is 8.78 Å². The molecule has 1 aromatic carbocycles. The number of benzene rings is 1. The van der Waals surface area contributed by atoms with Crippen molar-refractivity contribution in [3.8, 4) is 0 Å². The molecule has 108 valence electrons. The van der Waals surface area contributed by atoms with E-state index in [1.807, 2.05) is 18.5 Å². The Balaban J connectivity index is 1.89. The molecular weight excluding hydrogens is 278 g/mol. The number of rotatable bonds is 3. The first-order chi connectivity index (χ1) is 9.59. The van der Waals surface area contributed by atoms with Crippen LogP contribution in [0.2, 0.25) is 0 Å². The highest BCUT2D eigenvalue weighted by Crippen LogP contribution is 2.40. The van der Waals surface area contributed by atoms with Crippen LogP contribution >= 0.6 is 11.9 Å². The zero-order chi connectivity index (χ0) is 14.2. The largest absolute Gasteiger partial charge is 0.344 e. The van der Waals surface area contributed by atoms with Gasteiger partial charge in [0.05, 0.1) is 5.52 Å². The molecule has 5 heteroatoms. The Bertz CT molecular complexity index is 599. The van der Waals surface area contributed by atoms with E-state index in [-0.39, 0.29) is 18.9 Å². The lowest BCUT2D eigenvalue weighted by Gasteiger charge is -2.29. The fraction of sp³-hybridized carbons (Fsp3) is 0.467. The predicted octanol–water partition coefficient (Wildman–Crippen LogP) is 5.08. The van der Waals surface area contributed by atoms with Crippen molar-refractivity contribution in [2.24, 2.45) is 0 Å². The third-order valence-corrected chi connectivity index (χ3v) is 4.46. The van der Waals surface area contributed by atoms with Gasteiger partial charge < -0.3 is 9.29 Å². The summed E-state index contributed by atoms with van der Waals surface area (Å²) in [7, 11) is 0. The number of hydrogen-bond acceptors (Lipinski definition) is 2. The summed E-state index contributed by atoms with van der Waals surface area (Å²) in [5.41, 5.74) is 2.17. The summed E-state index contributed by atoms with van der Waals surface area (Å²) in [6.07, 6.45) is 5.11. The summed E-state index contributed by atoms with van der Waals surface area (Å²) in [5.74, 6) is -2.47. The normalized spacial score (nSPS) is 19.4. The molecule has 20 heavy (non-hydrogen) atoms. The number of alkyl halides is 2.